The minimum absolute atomic E-state index is 0.173. The van der Waals surface area contributed by atoms with Crippen LogP contribution in [0.25, 0.3) is 0 Å². The van der Waals surface area contributed by atoms with E-state index in [0.717, 1.165) is 6.54 Å². The maximum absolute atomic E-state index is 11.8. The van der Waals surface area contributed by atoms with Crippen LogP contribution in [0.5, 0.6) is 0 Å². The summed E-state index contributed by atoms with van der Waals surface area (Å²) in [6, 6.07) is 1.43. The number of sulfonamides is 1. The maximum Gasteiger partial charge on any atom is 0.212 e. The summed E-state index contributed by atoms with van der Waals surface area (Å²) in [7, 11) is -3.14. The maximum atomic E-state index is 11.8. The van der Waals surface area contributed by atoms with E-state index in [1.54, 1.807) is 0 Å². The number of rotatable bonds is 10. The van der Waals surface area contributed by atoms with E-state index >= 15 is 0 Å². The van der Waals surface area contributed by atoms with E-state index in [1.807, 2.05) is 0 Å². The SMILES string of the molecule is CC(C)N(CCNS(=O)(=O)CCNC1CC1)C(C)C. The molecule has 0 aliphatic heterocycles. The van der Waals surface area contributed by atoms with Crippen LogP contribution in [0, 0.1) is 0 Å². The van der Waals surface area contributed by atoms with Crippen molar-refractivity contribution in [2.75, 3.05) is 25.4 Å². The van der Waals surface area contributed by atoms with Crippen LogP contribution in [0.3, 0.4) is 0 Å². The molecule has 0 spiro atoms. The molecular formula is C13H29N3O2S. The van der Waals surface area contributed by atoms with Crippen LogP contribution in [0.15, 0.2) is 0 Å². The molecule has 0 heterocycles. The highest BCUT2D eigenvalue weighted by molar-refractivity contribution is 7.89. The third kappa shape index (κ3) is 7.25. The largest absolute Gasteiger partial charge is 0.313 e. The Bertz CT molecular complexity index is 343. The first kappa shape index (κ1) is 16.9. The molecule has 1 aliphatic rings. The molecule has 0 atom stereocenters. The van der Waals surface area contributed by atoms with Gasteiger partial charge in [-0.2, -0.15) is 0 Å². The highest BCUT2D eigenvalue weighted by Gasteiger charge is 2.21. The van der Waals surface area contributed by atoms with Crippen LogP contribution in [0.2, 0.25) is 0 Å². The van der Waals surface area contributed by atoms with Gasteiger partial charge in [-0.3, -0.25) is 4.90 Å². The lowest BCUT2D eigenvalue weighted by Gasteiger charge is -2.30. The van der Waals surface area contributed by atoms with Gasteiger partial charge >= 0.3 is 0 Å². The monoisotopic (exact) mass is 291 g/mol. The van der Waals surface area contributed by atoms with E-state index in [0.29, 0.717) is 31.2 Å². The van der Waals surface area contributed by atoms with Crippen molar-refractivity contribution in [3.8, 4) is 0 Å². The Kier molecular flexibility index (Phi) is 6.73. The Labute approximate surface area is 118 Å². The summed E-state index contributed by atoms with van der Waals surface area (Å²) in [6.07, 6.45) is 2.37. The van der Waals surface area contributed by atoms with Crippen molar-refractivity contribution in [1.82, 2.24) is 14.9 Å². The summed E-state index contributed by atoms with van der Waals surface area (Å²) in [6.45, 7) is 10.3. The number of hydrogen-bond donors (Lipinski definition) is 2. The summed E-state index contributed by atoms with van der Waals surface area (Å²) in [5, 5.41) is 3.22. The Morgan fingerprint density at radius 2 is 1.68 bits per heavy atom. The fourth-order valence-electron chi connectivity index (χ4n) is 2.20. The lowest BCUT2D eigenvalue weighted by atomic mass is 10.2. The molecule has 0 saturated heterocycles. The van der Waals surface area contributed by atoms with E-state index < -0.39 is 10.0 Å². The first-order valence-electron chi connectivity index (χ1n) is 7.28. The predicted molar refractivity (Wildman–Crippen MR) is 79.8 cm³/mol. The Morgan fingerprint density at radius 1 is 1.11 bits per heavy atom. The van der Waals surface area contributed by atoms with Crippen LogP contribution in [-0.2, 0) is 10.0 Å². The average molecular weight is 291 g/mol. The van der Waals surface area contributed by atoms with Crippen LogP contribution in [0.4, 0.5) is 0 Å². The highest BCUT2D eigenvalue weighted by Crippen LogP contribution is 2.17. The van der Waals surface area contributed by atoms with Gasteiger partial charge in [0, 0.05) is 37.8 Å². The minimum Gasteiger partial charge on any atom is -0.313 e. The minimum atomic E-state index is -3.14. The van der Waals surface area contributed by atoms with Crippen LogP contribution >= 0.6 is 0 Å². The summed E-state index contributed by atoms with van der Waals surface area (Å²) < 4.78 is 26.3. The molecule has 1 saturated carbocycles. The number of hydrogen-bond acceptors (Lipinski definition) is 4. The van der Waals surface area contributed by atoms with Gasteiger partial charge in [0.1, 0.15) is 0 Å². The van der Waals surface area contributed by atoms with Gasteiger partial charge in [0.05, 0.1) is 5.75 Å². The van der Waals surface area contributed by atoms with E-state index in [9.17, 15) is 8.42 Å². The zero-order valence-electron chi connectivity index (χ0n) is 12.6. The smallest absolute Gasteiger partial charge is 0.212 e. The second-order valence-electron chi connectivity index (χ2n) is 5.87. The van der Waals surface area contributed by atoms with E-state index in [-0.39, 0.29) is 5.75 Å². The third-order valence-electron chi connectivity index (χ3n) is 3.40. The molecule has 0 aromatic carbocycles. The first-order chi connectivity index (χ1) is 8.82. The highest BCUT2D eigenvalue weighted by atomic mass is 32.2. The summed E-state index contributed by atoms with van der Waals surface area (Å²) in [4.78, 5) is 2.28. The molecular weight excluding hydrogens is 262 g/mol. The molecule has 0 bridgehead atoms. The fraction of sp³-hybridized carbons (Fsp3) is 1.00. The summed E-state index contributed by atoms with van der Waals surface area (Å²) in [5.41, 5.74) is 0. The van der Waals surface area contributed by atoms with Gasteiger partial charge in [0.2, 0.25) is 10.0 Å². The lowest BCUT2D eigenvalue weighted by molar-refractivity contribution is 0.179. The van der Waals surface area contributed by atoms with Gasteiger partial charge in [0.25, 0.3) is 0 Å². The van der Waals surface area contributed by atoms with Crippen molar-refractivity contribution in [3.05, 3.63) is 0 Å². The van der Waals surface area contributed by atoms with Crippen LogP contribution < -0.4 is 10.0 Å². The van der Waals surface area contributed by atoms with Gasteiger partial charge in [-0.05, 0) is 40.5 Å². The fourth-order valence-corrected chi connectivity index (χ4v) is 3.13. The second-order valence-corrected chi connectivity index (χ2v) is 7.79. The molecule has 0 unspecified atom stereocenters. The normalized spacial score (nSPS) is 16.8. The molecule has 6 heteroatoms. The molecule has 0 amide bonds. The molecule has 1 rings (SSSR count). The zero-order valence-corrected chi connectivity index (χ0v) is 13.5. The molecule has 0 aromatic heterocycles. The summed E-state index contributed by atoms with van der Waals surface area (Å²) >= 11 is 0. The van der Waals surface area contributed by atoms with E-state index in [4.69, 9.17) is 0 Å². The zero-order chi connectivity index (χ0) is 14.5. The van der Waals surface area contributed by atoms with E-state index in [2.05, 4.69) is 42.6 Å². The number of nitrogens with one attached hydrogen (secondary N) is 2. The van der Waals surface area contributed by atoms with Crippen molar-refractivity contribution in [3.63, 3.8) is 0 Å². The van der Waals surface area contributed by atoms with Crippen molar-refractivity contribution >= 4 is 10.0 Å². The van der Waals surface area contributed by atoms with Crippen LogP contribution in [0.1, 0.15) is 40.5 Å². The predicted octanol–water partition coefficient (Wildman–Crippen LogP) is 0.777. The molecule has 19 heavy (non-hydrogen) atoms. The Morgan fingerprint density at radius 3 is 2.16 bits per heavy atom. The summed E-state index contributed by atoms with van der Waals surface area (Å²) in [5.74, 6) is 0.173. The third-order valence-corrected chi connectivity index (χ3v) is 4.79. The van der Waals surface area contributed by atoms with Crippen molar-refractivity contribution in [2.45, 2.75) is 58.7 Å². The Hall–Kier alpha value is -0.170. The molecule has 5 nitrogen and oxygen atoms in total. The average Bonchev–Trinajstić information content (AvgIpc) is 3.07. The van der Waals surface area contributed by atoms with Gasteiger partial charge < -0.3 is 5.32 Å². The standard InChI is InChI=1S/C13H29N3O2S/c1-11(2)16(12(3)4)9-7-15-19(17,18)10-8-14-13-5-6-13/h11-15H,5-10H2,1-4H3. The molecule has 114 valence electrons. The van der Waals surface area contributed by atoms with Gasteiger partial charge in [0.15, 0.2) is 0 Å². The molecule has 1 aliphatic carbocycles. The molecule has 0 aromatic rings. The van der Waals surface area contributed by atoms with Crippen molar-refractivity contribution < 1.29 is 8.42 Å². The number of nitrogens with zero attached hydrogens (tertiary/aromatic N) is 1. The van der Waals surface area contributed by atoms with Crippen LogP contribution in [-0.4, -0.2) is 56.8 Å². The molecule has 0 radical (unpaired) electrons. The lowest BCUT2D eigenvalue weighted by Crippen LogP contribution is -2.43. The second kappa shape index (κ2) is 7.57. The van der Waals surface area contributed by atoms with Gasteiger partial charge in [-0.25, -0.2) is 13.1 Å². The van der Waals surface area contributed by atoms with E-state index in [1.165, 1.54) is 12.8 Å². The Balaban J connectivity index is 2.21. The van der Waals surface area contributed by atoms with Gasteiger partial charge in [-0.1, -0.05) is 0 Å². The quantitative estimate of drug-likeness (QED) is 0.624. The topological polar surface area (TPSA) is 61.4 Å². The first-order valence-corrected chi connectivity index (χ1v) is 8.93. The molecule has 1 fully saturated rings. The van der Waals surface area contributed by atoms with Crippen molar-refractivity contribution in [1.29, 1.82) is 0 Å². The van der Waals surface area contributed by atoms with Crippen molar-refractivity contribution in [2.24, 2.45) is 0 Å². The molecule has 2 N–H and O–H groups in total. The van der Waals surface area contributed by atoms with Gasteiger partial charge in [-0.15, -0.1) is 0 Å².